The lowest BCUT2D eigenvalue weighted by Crippen LogP contribution is -2.32. The molecule has 1 atom stereocenters. The van der Waals surface area contributed by atoms with Gasteiger partial charge in [0.2, 0.25) is 0 Å². The first-order chi connectivity index (χ1) is 11.9. The van der Waals surface area contributed by atoms with Crippen LogP contribution in [0.25, 0.3) is 0 Å². The van der Waals surface area contributed by atoms with Crippen LogP contribution in [0.5, 0.6) is 11.5 Å². The van der Waals surface area contributed by atoms with Crippen LogP contribution in [0.15, 0.2) is 18.2 Å². The smallest absolute Gasteiger partial charge is 0.320 e. The van der Waals surface area contributed by atoms with Gasteiger partial charge in [0.15, 0.2) is 11.5 Å². The molecule has 144 valence electrons. The van der Waals surface area contributed by atoms with E-state index >= 15 is 0 Å². The normalized spacial score (nSPS) is 11.5. The van der Waals surface area contributed by atoms with Gasteiger partial charge in [-0.25, -0.2) is 0 Å². The molecule has 6 heteroatoms. The predicted molar refractivity (Wildman–Crippen MR) is 99.0 cm³/mol. The number of phenolic OH excluding ortho intramolecular Hbond substituents is 2. The Bertz CT molecular complexity index is 471. The maximum absolute atomic E-state index is 10.4. The summed E-state index contributed by atoms with van der Waals surface area (Å²) in [5, 5.41) is 26.6. The van der Waals surface area contributed by atoms with Gasteiger partial charge in [-0.2, -0.15) is 0 Å². The van der Waals surface area contributed by atoms with Gasteiger partial charge in [-0.05, 0) is 37.0 Å². The van der Waals surface area contributed by atoms with Crippen LogP contribution in [0.2, 0.25) is 0 Å². The van der Waals surface area contributed by atoms with E-state index in [0.29, 0.717) is 5.56 Å². The van der Waals surface area contributed by atoms with E-state index in [4.69, 9.17) is 25.8 Å². The Labute approximate surface area is 150 Å². The first-order valence-electron chi connectivity index (χ1n) is 8.99. The van der Waals surface area contributed by atoms with Gasteiger partial charge in [0, 0.05) is 13.2 Å². The fourth-order valence-corrected chi connectivity index (χ4v) is 2.05. The molecule has 25 heavy (non-hydrogen) atoms. The number of hydrogen-bond acceptors (Lipinski definition) is 5. The summed E-state index contributed by atoms with van der Waals surface area (Å²) in [5.74, 6) is -1.62. The van der Waals surface area contributed by atoms with Crippen LogP contribution in [0, 0.1) is 0 Å². The largest absolute Gasteiger partial charge is 0.504 e. The van der Waals surface area contributed by atoms with Crippen molar-refractivity contribution in [3.05, 3.63) is 23.8 Å². The van der Waals surface area contributed by atoms with E-state index in [-0.39, 0.29) is 17.9 Å². The Morgan fingerprint density at radius 3 is 2.04 bits per heavy atom. The van der Waals surface area contributed by atoms with Crippen LogP contribution in [-0.2, 0) is 16.0 Å². The maximum Gasteiger partial charge on any atom is 0.320 e. The molecule has 0 aromatic heterocycles. The standard InChI is InChI=1S/C10H22O.C9H11NO4/c1-3-5-7-9-11-10-8-6-4-2;10-6(9(13)14)3-5-1-2-7(11)8(12)4-5/h3-10H2,1-2H3;1-2,4,6,11-12H,3,10H2,(H,13,14). The molecule has 5 N–H and O–H groups in total. The zero-order valence-corrected chi connectivity index (χ0v) is 15.4. The molecule has 6 nitrogen and oxygen atoms in total. The quantitative estimate of drug-likeness (QED) is 0.357. The highest BCUT2D eigenvalue weighted by Gasteiger charge is 2.12. The first-order valence-corrected chi connectivity index (χ1v) is 8.99. The molecular formula is C19H33NO5. The molecule has 0 radical (unpaired) electrons. The number of rotatable bonds is 11. The van der Waals surface area contributed by atoms with Gasteiger partial charge >= 0.3 is 5.97 Å². The molecule has 0 aliphatic carbocycles. The zero-order chi connectivity index (χ0) is 19.1. The SMILES string of the molecule is CCCCCOCCCCC.NC(Cc1ccc(O)c(O)c1)C(=O)O. The van der Waals surface area contributed by atoms with Crippen molar-refractivity contribution in [3.63, 3.8) is 0 Å². The third-order valence-corrected chi connectivity index (χ3v) is 3.60. The lowest BCUT2D eigenvalue weighted by molar-refractivity contribution is -0.138. The van der Waals surface area contributed by atoms with E-state index in [1.54, 1.807) is 0 Å². The van der Waals surface area contributed by atoms with Crippen molar-refractivity contribution in [2.24, 2.45) is 5.73 Å². The van der Waals surface area contributed by atoms with Crippen molar-refractivity contribution < 1.29 is 24.9 Å². The minimum Gasteiger partial charge on any atom is -0.504 e. The first kappa shape index (κ1) is 23.2. The summed E-state index contributed by atoms with van der Waals surface area (Å²) in [4.78, 5) is 10.4. The summed E-state index contributed by atoms with van der Waals surface area (Å²) in [6, 6.07) is 3.09. The number of benzene rings is 1. The number of nitrogens with two attached hydrogens (primary N) is 1. The maximum atomic E-state index is 10.4. The van der Waals surface area contributed by atoms with E-state index in [1.165, 1.54) is 56.7 Å². The predicted octanol–water partition coefficient (Wildman–Crippen LogP) is 3.44. The fourth-order valence-electron chi connectivity index (χ4n) is 2.05. The van der Waals surface area contributed by atoms with Crippen molar-refractivity contribution in [2.45, 2.75) is 64.8 Å². The second-order valence-electron chi connectivity index (χ2n) is 6.00. The molecule has 0 bridgehead atoms. The fraction of sp³-hybridized carbons (Fsp3) is 0.632. The number of phenols is 2. The Morgan fingerprint density at radius 2 is 1.60 bits per heavy atom. The number of carboxylic acids is 1. The Kier molecular flexibility index (Phi) is 13.5. The Balaban J connectivity index is 0.000000477. The van der Waals surface area contributed by atoms with Crippen molar-refractivity contribution >= 4 is 5.97 Å². The minimum absolute atomic E-state index is 0.114. The number of carboxylic acid groups (broad SMARTS) is 1. The molecular weight excluding hydrogens is 322 g/mol. The van der Waals surface area contributed by atoms with E-state index in [9.17, 15) is 4.79 Å². The van der Waals surface area contributed by atoms with Crippen LogP contribution in [0.4, 0.5) is 0 Å². The molecule has 0 fully saturated rings. The third kappa shape index (κ3) is 12.3. The summed E-state index contributed by atoms with van der Waals surface area (Å²) in [6.07, 6.45) is 7.80. The van der Waals surface area contributed by atoms with Crippen molar-refractivity contribution in [2.75, 3.05) is 13.2 Å². The number of hydrogen-bond donors (Lipinski definition) is 4. The zero-order valence-electron chi connectivity index (χ0n) is 15.4. The van der Waals surface area contributed by atoms with E-state index in [2.05, 4.69) is 13.8 Å². The van der Waals surface area contributed by atoms with Gasteiger partial charge in [-0.3, -0.25) is 4.79 Å². The molecule has 1 aromatic rings. The average Bonchev–Trinajstić information content (AvgIpc) is 2.58. The van der Waals surface area contributed by atoms with Crippen LogP contribution in [0.1, 0.15) is 57.9 Å². The molecule has 0 spiro atoms. The van der Waals surface area contributed by atoms with Crippen molar-refractivity contribution in [3.8, 4) is 11.5 Å². The van der Waals surface area contributed by atoms with Gasteiger partial charge < -0.3 is 25.8 Å². The Hall–Kier alpha value is -1.79. The number of aliphatic carboxylic acids is 1. The molecule has 0 aliphatic rings. The van der Waals surface area contributed by atoms with Gasteiger partial charge in [-0.15, -0.1) is 0 Å². The second-order valence-corrected chi connectivity index (χ2v) is 6.00. The molecule has 0 aliphatic heterocycles. The molecule has 0 amide bonds. The highest BCUT2D eigenvalue weighted by Crippen LogP contribution is 2.25. The number of carbonyl (C=O) groups is 1. The molecule has 0 saturated heterocycles. The van der Waals surface area contributed by atoms with Gasteiger partial charge in [0.25, 0.3) is 0 Å². The van der Waals surface area contributed by atoms with Crippen molar-refractivity contribution in [1.29, 1.82) is 0 Å². The molecule has 1 rings (SSSR count). The molecule has 0 heterocycles. The lowest BCUT2D eigenvalue weighted by atomic mass is 10.1. The summed E-state index contributed by atoms with van der Waals surface area (Å²) >= 11 is 0. The van der Waals surface area contributed by atoms with Gasteiger partial charge in [0.05, 0.1) is 0 Å². The summed E-state index contributed by atoms with van der Waals surface area (Å²) in [6.45, 7) is 6.38. The van der Waals surface area contributed by atoms with Crippen LogP contribution < -0.4 is 5.73 Å². The van der Waals surface area contributed by atoms with E-state index in [0.717, 1.165) is 13.2 Å². The number of ether oxygens (including phenoxy) is 1. The number of unbranched alkanes of at least 4 members (excludes halogenated alkanes) is 4. The van der Waals surface area contributed by atoms with Gasteiger partial charge in [0.1, 0.15) is 6.04 Å². The number of aromatic hydroxyl groups is 2. The monoisotopic (exact) mass is 355 g/mol. The third-order valence-electron chi connectivity index (χ3n) is 3.60. The second kappa shape index (κ2) is 14.5. The van der Waals surface area contributed by atoms with Gasteiger partial charge in [-0.1, -0.05) is 45.6 Å². The molecule has 1 aromatic carbocycles. The van der Waals surface area contributed by atoms with Crippen LogP contribution in [-0.4, -0.2) is 40.5 Å². The Morgan fingerprint density at radius 1 is 1.04 bits per heavy atom. The highest BCUT2D eigenvalue weighted by molar-refractivity contribution is 5.73. The average molecular weight is 355 g/mol. The summed E-state index contributed by atoms with van der Waals surface area (Å²) in [7, 11) is 0. The topological polar surface area (TPSA) is 113 Å². The minimum atomic E-state index is -1.10. The molecule has 1 unspecified atom stereocenters. The van der Waals surface area contributed by atoms with Crippen molar-refractivity contribution in [1.82, 2.24) is 0 Å². The summed E-state index contributed by atoms with van der Waals surface area (Å²) < 4.78 is 5.44. The highest BCUT2D eigenvalue weighted by atomic mass is 16.5. The lowest BCUT2D eigenvalue weighted by Gasteiger charge is -2.06. The van der Waals surface area contributed by atoms with Crippen LogP contribution in [0.3, 0.4) is 0 Å². The van der Waals surface area contributed by atoms with E-state index < -0.39 is 12.0 Å². The molecule has 0 saturated carbocycles. The summed E-state index contributed by atoms with van der Waals surface area (Å²) in [5.41, 5.74) is 5.86. The van der Waals surface area contributed by atoms with Crippen LogP contribution >= 0.6 is 0 Å². The van der Waals surface area contributed by atoms with E-state index in [1.807, 2.05) is 0 Å².